The van der Waals surface area contributed by atoms with Gasteiger partial charge in [0.2, 0.25) is 5.95 Å². The molecule has 1 unspecified atom stereocenters. The lowest BCUT2D eigenvalue weighted by Crippen LogP contribution is -2.19. The number of rotatable bonds is 5. The highest BCUT2D eigenvalue weighted by atomic mass is 19.1. The van der Waals surface area contributed by atoms with Crippen molar-refractivity contribution >= 4 is 10.9 Å². The largest absolute Gasteiger partial charge is 0.486 e. The summed E-state index contributed by atoms with van der Waals surface area (Å²) in [7, 11) is 0. The summed E-state index contributed by atoms with van der Waals surface area (Å²) in [6.45, 7) is 6.87. The number of hydrogen-bond acceptors (Lipinski definition) is 5. The normalized spacial score (nSPS) is 17.3. The number of halogens is 1. The van der Waals surface area contributed by atoms with Crippen LogP contribution in [0.15, 0.2) is 48.9 Å². The maximum atomic E-state index is 13.5. The molecule has 0 aliphatic carbocycles. The van der Waals surface area contributed by atoms with Gasteiger partial charge in [0.1, 0.15) is 17.5 Å². The number of ether oxygens (including phenoxy) is 2. The van der Waals surface area contributed by atoms with Gasteiger partial charge in [-0.05, 0) is 81.5 Å². The molecular weight excluding hydrogens is 419 g/mol. The smallest absolute Gasteiger partial charge is 0.212 e. The Labute approximate surface area is 192 Å². The van der Waals surface area contributed by atoms with E-state index in [4.69, 9.17) is 14.6 Å². The van der Waals surface area contributed by atoms with E-state index in [-0.39, 0.29) is 12.3 Å². The summed E-state index contributed by atoms with van der Waals surface area (Å²) in [5.41, 5.74) is 5.78. The molecule has 1 saturated heterocycles. The Morgan fingerprint density at radius 3 is 2.61 bits per heavy atom. The van der Waals surface area contributed by atoms with E-state index in [1.807, 2.05) is 56.0 Å². The van der Waals surface area contributed by atoms with Gasteiger partial charge in [-0.25, -0.2) is 9.67 Å². The summed E-state index contributed by atoms with van der Waals surface area (Å²) >= 11 is 0. The van der Waals surface area contributed by atoms with Crippen molar-refractivity contribution in [3.63, 3.8) is 0 Å². The molecule has 0 saturated carbocycles. The van der Waals surface area contributed by atoms with E-state index in [1.54, 1.807) is 6.07 Å². The molecule has 1 aliphatic heterocycles. The number of hydrogen-bond donors (Lipinski definition) is 0. The van der Waals surface area contributed by atoms with Gasteiger partial charge in [0.05, 0.1) is 5.52 Å². The average molecular weight is 447 g/mol. The molecule has 0 radical (unpaired) electrons. The summed E-state index contributed by atoms with van der Waals surface area (Å²) < 4.78 is 27.8. The molecule has 1 aliphatic rings. The van der Waals surface area contributed by atoms with Crippen LogP contribution in [-0.2, 0) is 4.74 Å². The maximum Gasteiger partial charge on any atom is 0.212 e. The van der Waals surface area contributed by atoms with Crippen molar-refractivity contribution in [1.29, 1.82) is 0 Å². The zero-order chi connectivity index (χ0) is 22.9. The van der Waals surface area contributed by atoms with E-state index >= 15 is 0 Å². The molecule has 7 heteroatoms. The quantitative estimate of drug-likeness (QED) is 0.347. The molecule has 4 heterocycles. The highest BCUT2D eigenvalue weighted by Crippen LogP contribution is 2.36. The number of benzene rings is 1. The van der Waals surface area contributed by atoms with Gasteiger partial charge in [-0.3, -0.25) is 4.98 Å². The molecule has 4 aromatic rings. The van der Waals surface area contributed by atoms with Crippen molar-refractivity contribution in [3.8, 4) is 17.0 Å². The molecule has 3 aromatic heterocycles. The maximum absolute atomic E-state index is 13.5. The van der Waals surface area contributed by atoms with E-state index < -0.39 is 5.95 Å². The topological polar surface area (TPSA) is 62.1 Å². The van der Waals surface area contributed by atoms with Gasteiger partial charge in [0.25, 0.3) is 0 Å². The highest BCUT2D eigenvalue weighted by Gasteiger charge is 2.23. The van der Waals surface area contributed by atoms with Gasteiger partial charge in [0.15, 0.2) is 6.23 Å². The summed E-state index contributed by atoms with van der Waals surface area (Å²) in [6.07, 6.45) is 8.06. The molecule has 170 valence electrons. The first-order valence-corrected chi connectivity index (χ1v) is 11.3. The number of pyridine rings is 2. The predicted octanol–water partition coefficient (Wildman–Crippen LogP) is 6.09. The lowest BCUT2D eigenvalue weighted by molar-refractivity contribution is -0.0365. The van der Waals surface area contributed by atoms with Crippen LogP contribution in [0.2, 0.25) is 0 Å². The first-order chi connectivity index (χ1) is 16.0. The van der Waals surface area contributed by atoms with Gasteiger partial charge < -0.3 is 9.47 Å². The molecule has 6 nitrogen and oxygen atoms in total. The summed E-state index contributed by atoms with van der Waals surface area (Å²) in [4.78, 5) is 8.09. The minimum absolute atomic E-state index is 0.115. The van der Waals surface area contributed by atoms with Crippen molar-refractivity contribution in [3.05, 3.63) is 71.6 Å². The van der Waals surface area contributed by atoms with Gasteiger partial charge in [-0.1, -0.05) is 0 Å². The number of aromatic nitrogens is 4. The second-order valence-corrected chi connectivity index (χ2v) is 8.61. The molecule has 0 amide bonds. The molecule has 0 N–H and O–H groups in total. The van der Waals surface area contributed by atoms with Crippen LogP contribution in [0.4, 0.5) is 4.39 Å². The summed E-state index contributed by atoms with van der Waals surface area (Å²) in [5, 5.41) is 5.81. The average Bonchev–Trinajstić information content (AvgIpc) is 3.19. The van der Waals surface area contributed by atoms with Crippen LogP contribution >= 0.6 is 0 Å². The van der Waals surface area contributed by atoms with Gasteiger partial charge >= 0.3 is 0 Å². The molecular formula is C26H27FN4O2. The van der Waals surface area contributed by atoms with Crippen LogP contribution in [0.25, 0.3) is 22.2 Å². The Kier molecular flexibility index (Phi) is 5.81. The Hall–Kier alpha value is -3.32. The Morgan fingerprint density at radius 1 is 1.09 bits per heavy atom. The first kappa shape index (κ1) is 21.5. The lowest BCUT2D eigenvalue weighted by atomic mass is 10.0. The molecule has 0 bridgehead atoms. The third kappa shape index (κ3) is 4.20. The van der Waals surface area contributed by atoms with Crippen LogP contribution in [-0.4, -0.2) is 26.4 Å². The van der Waals surface area contributed by atoms with Crippen molar-refractivity contribution in [2.75, 3.05) is 6.61 Å². The second kappa shape index (κ2) is 8.90. The second-order valence-electron chi connectivity index (χ2n) is 8.61. The zero-order valence-electron chi connectivity index (χ0n) is 19.1. The van der Waals surface area contributed by atoms with E-state index in [2.05, 4.69) is 9.97 Å². The fourth-order valence-corrected chi connectivity index (χ4v) is 4.67. The molecule has 1 fully saturated rings. The van der Waals surface area contributed by atoms with Crippen LogP contribution in [0.5, 0.6) is 5.75 Å². The fraction of sp³-hybridized carbons (Fsp3) is 0.346. The third-order valence-corrected chi connectivity index (χ3v) is 6.21. The van der Waals surface area contributed by atoms with Crippen LogP contribution in [0.1, 0.15) is 55.2 Å². The van der Waals surface area contributed by atoms with Crippen LogP contribution < -0.4 is 4.74 Å². The van der Waals surface area contributed by atoms with Gasteiger partial charge in [-0.2, -0.15) is 9.49 Å². The molecule has 1 aromatic carbocycles. The van der Waals surface area contributed by atoms with Gasteiger partial charge in [0, 0.05) is 41.7 Å². The lowest BCUT2D eigenvalue weighted by Gasteiger charge is -2.23. The van der Waals surface area contributed by atoms with Crippen molar-refractivity contribution in [2.24, 2.45) is 0 Å². The van der Waals surface area contributed by atoms with E-state index in [1.165, 1.54) is 12.3 Å². The minimum Gasteiger partial charge on any atom is -0.486 e. The Balaban J connectivity index is 1.57. The SMILES string of the molecule is Cc1cncc(C)c1[C@@H](C)Oc1ccc2c(c1)c(-c1ccc(F)nc1)nn2C1CCCCO1. The number of nitrogens with zero attached hydrogens (tertiary/aromatic N) is 4. The van der Waals surface area contributed by atoms with Gasteiger partial charge in [-0.15, -0.1) is 0 Å². The highest BCUT2D eigenvalue weighted by molar-refractivity contribution is 5.94. The molecule has 5 rings (SSSR count). The van der Waals surface area contributed by atoms with Crippen molar-refractivity contribution in [1.82, 2.24) is 19.7 Å². The van der Waals surface area contributed by atoms with Crippen molar-refractivity contribution in [2.45, 2.75) is 52.4 Å². The number of aryl methyl sites for hydroxylation is 2. The monoisotopic (exact) mass is 446 g/mol. The standard InChI is InChI=1S/C26H27FN4O2/c1-16-13-28-14-17(2)25(16)18(3)33-20-8-9-22-21(12-20)26(19-7-10-23(27)29-15-19)30-31(22)24-6-4-5-11-32-24/h7-10,12-15,18,24H,4-6,11H2,1-3H3/t18-,24?/m1/s1. The summed E-state index contributed by atoms with van der Waals surface area (Å²) in [6, 6.07) is 9.06. The van der Waals surface area contributed by atoms with E-state index in [0.29, 0.717) is 0 Å². The molecule has 2 atom stereocenters. The Bertz CT molecular complexity index is 1260. The minimum atomic E-state index is -0.515. The molecule has 33 heavy (non-hydrogen) atoms. The van der Waals surface area contributed by atoms with Crippen LogP contribution in [0, 0.1) is 19.8 Å². The van der Waals surface area contributed by atoms with Crippen molar-refractivity contribution < 1.29 is 13.9 Å². The zero-order valence-corrected chi connectivity index (χ0v) is 19.1. The van der Waals surface area contributed by atoms with E-state index in [0.717, 1.165) is 70.5 Å². The van der Waals surface area contributed by atoms with Crippen LogP contribution in [0.3, 0.4) is 0 Å². The fourth-order valence-electron chi connectivity index (χ4n) is 4.67. The Morgan fingerprint density at radius 2 is 1.91 bits per heavy atom. The predicted molar refractivity (Wildman–Crippen MR) is 125 cm³/mol. The first-order valence-electron chi connectivity index (χ1n) is 11.3. The molecule has 0 spiro atoms. The summed E-state index contributed by atoms with van der Waals surface area (Å²) in [5.74, 6) is 0.227. The third-order valence-electron chi connectivity index (χ3n) is 6.21. The van der Waals surface area contributed by atoms with E-state index in [9.17, 15) is 4.39 Å². The number of fused-ring (bicyclic) bond motifs is 1.